The lowest BCUT2D eigenvalue weighted by Crippen LogP contribution is -2.22. The Morgan fingerprint density at radius 1 is 1.00 bits per heavy atom. The smallest absolute Gasteiger partial charge is 0.0542 e. The predicted molar refractivity (Wildman–Crippen MR) is 99.4 cm³/mol. The van der Waals surface area contributed by atoms with Crippen LogP contribution in [0.5, 0.6) is 0 Å². The van der Waals surface area contributed by atoms with E-state index in [1.54, 1.807) is 11.9 Å². The molecule has 0 saturated heterocycles. The maximum Gasteiger partial charge on any atom is 0.0542 e. The lowest BCUT2D eigenvalue weighted by molar-refractivity contribution is 0.685. The standard InChI is InChI=1S/C20H20N2S/c1-14-9-10-16(21)13-19(14)23-22-20(11-12-20)18-8-4-6-15-5-2-3-7-17(15)18/h2-10,13,22H,11-12,21H2,1H3. The molecule has 1 fully saturated rings. The number of aryl methyl sites for hydroxylation is 1. The molecular weight excluding hydrogens is 300 g/mol. The predicted octanol–water partition coefficient (Wildman–Crippen LogP) is 5.02. The Hall–Kier alpha value is -1.97. The molecule has 0 aliphatic heterocycles. The normalized spacial score (nSPS) is 15.7. The van der Waals surface area contributed by atoms with Crippen LogP contribution in [0.25, 0.3) is 10.8 Å². The molecule has 3 heteroatoms. The first kappa shape index (κ1) is 14.6. The highest BCUT2D eigenvalue weighted by Crippen LogP contribution is 2.49. The lowest BCUT2D eigenvalue weighted by Gasteiger charge is -2.20. The molecule has 116 valence electrons. The SMILES string of the molecule is Cc1ccc(N)cc1SNC1(c2cccc3ccccc23)CC1. The molecule has 1 aliphatic carbocycles. The van der Waals surface area contributed by atoms with Crippen molar-refractivity contribution in [1.29, 1.82) is 0 Å². The third-order valence-corrected chi connectivity index (χ3v) is 5.78. The molecule has 0 spiro atoms. The maximum absolute atomic E-state index is 5.93. The maximum atomic E-state index is 5.93. The van der Waals surface area contributed by atoms with Gasteiger partial charge in [-0.2, -0.15) is 0 Å². The Bertz CT molecular complexity index is 863. The molecule has 0 atom stereocenters. The van der Waals surface area contributed by atoms with Crippen molar-refractivity contribution >= 4 is 28.4 Å². The van der Waals surface area contributed by atoms with E-state index in [0.717, 1.165) is 5.69 Å². The van der Waals surface area contributed by atoms with Crippen LogP contribution in [-0.2, 0) is 5.54 Å². The van der Waals surface area contributed by atoms with Gasteiger partial charge in [0.25, 0.3) is 0 Å². The number of nitrogens with one attached hydrogen (secondary N) is 1. The van der Waals surface area contributed by atoms with E-state index in [-0.39, 0.29) is 5.54 Å². The van der Waals surface area contributed by atoms with E-state index in [4.69, 9.17) is 5.73 Å². The summed E-state index contributed by atoms with van der Waals surface area (Å²) < 4.78 is 3.72. The van der Waals surface area contributed by atoms with Gasteiger partial charge in [0, 0.05) is 10.6 Å². The van der Waals surface area contributed by atoms with E-state index in [1.165, 1.54) is 39.6 Å². The average Bonchev–Trinajstić information content (AvgIpc) is 3.36. The zero-order chi connectivity index (χ0) is 15.9. The highest BCUT2D eigenvalue weighted by molar-refractivity contribution is 7.97. The molecule has 2 nitrogen and oxygen atoms in total. The van der Waals surface area contributed by atoms with Gasteiger partial charge in [0.2, 0.25) is 0 Å². The summed E-state index contributed by atoms with van der Waals surface area (Å²) >= 11 is 1.70. The summed E-state index contributed by atoms with van der Waals surface area (Å²) in [4.78, 5) is 1.21. The van der Waals surface area contributed by atoms with E-state index in [9.17, 15) is 0 Å². The molecule has 0 bridgehead atoms. The molecule has 1 aliphatic rings. The zero-order valence-electron chi connectivity index (χ0n) is 13.2. The summed E-state index contributed by atoms with van der Waals surface area (Å²) in [6.07, 6.45) is 2.35. The molecular formula is C20H20N2S. The Labute approximate surface area is 141 Å². The van der Waals surface area contributed by atoms with Crippen molar-refractivity contribution < 1.29 is 0 Å². The Morgan fingerprint density at radius 2 is 1.78 bits per heavy atom. The molecule has 0 aromatic heterocycles. The van der Waals surface area contributed by atoms with Crippen LogP contribution < -0.4 is 10.5 Å². The van der Waals surface area contributed by atoms with Gasteiger partial charge < -0.3 is 5.73 Å². The van der Waals surface area contributed by atoms with Crippen LogP contribution in [0.4, 0.5) is 5.69 Å². The highest BCUT2D eigenvalue weighted by Gasteiger charge is 2.45. The minimum atomic E-state index is 0.0859. The molecule has 0 heterocycles. The van der Waals surface area contributed by atoms with Gasteiger partial charge in [-0.15, -0.1) is 0 Å². The molecule has 3 aromatic carbocycles. The van der Waals surface area contributed by atoms with Gasteiger partial charge in [-0.05, 0) is 65.7 Å². The van der Waals surface area contributed by atoms with Crippen LogP contribution in [0.2, 0.25) is 0 Å². The molecule has 3 N–H and O–H groups in total. The van der Waals surface area contributed by atoms with Gasteiger partial charge in [0.15, 0.2) is 0 Å². The fourth-order valence-corrected chi connectivity index (χ4v) is 4.12. The van der Waals surface area contributed by atoms with Crippen molar-refractivity contribution in [2.45, 2.75) is 30.2 Å². The third kappa shape index (κ3) is 2.71. The van der Waals surface area contributed by atoms with Crippen LogP contribution in [0.15, 0.2) is 65.6 Å². The summed E-state index contributed by atoms with van der Waals surface area (Å²) in [6, 6.07) is 21.3. The van der Waals surface area contributed by atoms with Gasteiger partial charge >= 0.3 is 0 Å². The Kier molecular flexibility index (Phi) is 3.55. The lowest BCUT2D eigenvalue weighted by atomic mass is 9.98. The van der Waals surface area contributed by atoms with Gasteiger partial charge in [-0.3, -0.25) is 0 Å². The van der Waals surface area contributed by atoms with Gasteiger partial charge in [0.05, 0.1) is 5.54 Å². The zero-order valence-corrected chi connectivity index (χ0v) is 14.0. The Morgan fingerprint density at radius 3 is 2.61 bits per heavy atom. The topological polar surface area (TPSA) is 38.0 Å². The van der Waals surface area contributed by atoms with Crippen molar-refractivity contribution in [3.8, 4) is 0 Å². The third-order valence-electron chi connectivity index (χ3n) is 4.62. The van der Waals surface area contributed by atoms with Crippen LogP contribution in [0.3, 0.4) is 0 Å². The largest absolute Gasteiger partial charge is 0.399 e. The second-order valence-corrected chi connectivity index (χ2v) is 7.19. The molecule has 23 heavy (non-hydrogen) atoms. The second kappa shape index (κ2) is 5.59. The number of hydrogen-bond acceptors (Lipinski definition) is 3. The van der Waals surface area contributed by atoms with E-state index in [0.29, 0.717) is 0 Å². The van der Waals surface area contributed by atoms with Gasteiger partial charge in [-0.25, -0.2) is 4.72 Å². The van der Waals surface area contributed by atoms with Crippen LogP contribution >= 0.6 is 11.9 Å². The first-order valence-electron chi connectivity index (χ1n) is 7.96. The van der Waals surface area contributed by atoms with E-state index in [2.05, 4.69) is 60.2 Å². The number of fused-ring (bicyclic) bond motifs is 1. The second-order valence-electron chi connectivity index (χ2n) is 6.34. The minimum Gasteiger partial charge on any atom is -0.399 e. The number of nitrogens with two attached hydrogens (primary N) is 1. The van der Waals surface area contributed by atoms with Crippen molar-refractivity contribution in [1.82, 2.24) is 4.72 Å². The van der Waals surface area contributed by atoms with Gasteiger partial charge in [0.1, 0.15) is 0 Å². The van der Waals surface area contributed by atoms with E-state index < -0.39 is 0 Å². The Balaban J connectivity index is 1.64. The number of nitrogen functional groups attached to an aromatic ring is 1. The molecule has 0 amide bonds. The minimum absolute atomic E-state index is 0.0859. The highest BCUT2D eigenvalue weighted by atomic mass is 32.2. The van der Waals surface area contributed by atoms with Crippen molar-refractivity contribution in [2.24, 2.45) is 0 Å². The monoisotopic (exact) mass is 320 g/mol. The number of hydrogen-bond donors (Lipinski definition) is 2. The molecule has 1 saturated carbocycles. The van der Waals surface area contributed by atoms with Crippen LogP contribution in [0, 0.1) is 6.92 Å². The fraction of sp³-hybridized carbons (Fsp3) is 0.200. The summed E-state index contributed by atoms with van der Waals surface area (Å²) in [6.45, 7) is 2.13. The number of anilines is 1. The summed E-state index contributed by atoms with van der Waals surface area (Å²) in [5.41, 5.74) is 9.49. The number of rotatable bonds is 4. The van der Waals surface area contributed by atoms with Crippen molar-refractivity contribution in [3.63, 3.8) is 0 Å². The molecule has 4 rings (SSSR count). The first-order chi connectivity index (χ1) is 11.2. The summed E-state index contributed by atoms with van der Waals surface area (Å²) in [5, 5.41) is 2.66. The van der Waals surface area contributed by atoms with E-state index >= 15 is 0 Å². The number of benzene rings is 3. The molecule has 0 radical (unpaired) electrons. The first-order valence-corrected chi connectivity index (χ1v) is 8.78. The van der Waals surface area contributed by atoms with Crippen molar-refractivity contribution in [2.75, 3.05) is 5.73 Å². The summed E-state index contributed by atoms with van der Waals surface area (Å²) in [7, 11) is 0. The van der Waals surface area contributed by atoms with Gasteiger partial charge in [-0.1, -0.05) is 48.5 Å². The summed E-state index contributed by atoms with van der Waals surface area (Å²) in [5.74, 6) is 0. The average molecular weight is 320 g/mol. The quantitative estimate of drug-likeness (QED) is 0.524. The van der Waals surface area contributed by atoms with E-state index in [1.807, 2.05) is 12.1 Å². The molecule has 0 unspecified atom stereocenters. The van der Waals surface area contributed by atoms with Crippen LogP contribution in [-0.4, -0.2) is 0 Å². The van der Waals surface area contributed by atoms with Crippen LogP contribution in [0.1, 0.15) is 24.0 Å². The fourth-order valence-electron chi connectivity index (χ4n) is 3.07. The molecule has 3 aromatic rings. The van der Waals surface area contributed by atoms with Crippen molar-refractivity contribution in [3.05, 3.63) is 71.8 Å².